The summed E-state index contributed by atoms with van der Waals surface area (Å²) in [4.78, 5) is 13.3. The lowest BCUT2D eigenvalue weighted by molar-refractivity contribution is -0.144. The highest BCUT2D eigenvalue weighted by atomic mass is 16.5. The molecular formula is C48H64N2O5. The third-order valence-electron chi connectivity index (χ3n) is 16.4. The highest BCUT2D eigenvalue weighted by Gasteiger charge is 2.67. The van der Waals surface area contributed by atoms with E-state index >= 15 is 0 Å². The molecule has 3 fully saturated rings. The summed E-state index contributed by atoms with van der Waals surface area (Å²) in [7, 11) is 0. The molecule has 2 aromatic heterocycles. The van der Waals surface area contributed by atoms with Crippen molar-refractivity contribution in [3.8, 4) is 5.75 Å². The van der Waals surface area contributed by atoms with Crippen LogP contribution in [0.1, 0.15) is 149 Å². The van der Waals surface area contributed by atoms with Gasteiger partial charge >= 0.3 is 0 Å². The highest BCUT2D eigenvalue weighted by Crippen LogP contribution is 2.71. The second-order valence-corrected chi connectivity index (χ2v) is 21.9. The van der Waals surface area contributed by atoms with Crippen molar-refractivity contribution in [3.63, 3.8) is 0 Å². The molecule has 10 atom stereocenters. The molecule has 0 bridgehead atoms. The lowest BCUT2D eigenvalue weighted by atomic mass is 9.40. The van der Waals surface area contributed by atoms with Gasteiger partial charge in [-0.3, -0.25) is 4.79 Å². The van der Waals surface area contributed by atoms with Gasteiger partial charge in [0, 0.05) is 44.3 Å². The minimum absolute atomic E-state index is 0.109. The van der Waals surface area contributed by atoms with Crippen molar-refractivity contribution in [2.24, 2.45) is 39.9 Å². The largest absolute Gasteiger partial charge is 0.505 e. The predicted octanol–water partition coefficient (Wildman–Crippen LogP) is 9.41. The normalized spacial score (nSPS) is 39.8. The van der Waals surface area contributed by atoms with E-state index in [2.05, 4.69) is 96.0 Å². The van der Waals surface area contributed by atoms with E-state index in [1.165, 1.54) is 16.6 Å². The van der Waals surface area contributed by atoms with Gasteiger partial charge in [-0.1, -0.05) is 46.4 Å². The number of hydrogen-bond acceptors (Lipinski definition) is 5. The number of ether oxygens (including phenoxy) is 1. The monoisotopic (exact) mass is 748 g/mol. The second-order valence-electron chi connectivity index (χ2n) is 21.9. The van der Waals surface area contributed by atoms with E-state index in [4.69, 9.17) is 4.74 Å². The third kappa shape index (κ3) is 4.64. The number of benzene rings is 1. The maximum Gasteiger partial charge on any atom is 0.226 e. The lowest BCUT2D eigenvalue weighted by Crippen LogP contribution is -2.62. The molecule has 6 aliphatic rings. The maximum absolute atomic E-state index is 13.3. The number of nitrogens with one attached hydrogen (secondary N) is 1. The Bertz CT molecular complexity index is 2270. The van der Waals surface area contributed by atoms with Crippen LogP contribution in [-0.2, 0) is 21.4 Å². The van der Waals surface area contributed by atoms with Crippen molar-refractivity contribution < 1.29 is 24.9 Å². The van der Waals surface area contributed by atoms with E-state index in [0.29, 0.717) is 12.3 Å². The number of amides is 1. The van der Waals surface area contributed by atoms with E-state index in [1.807, 2.05) is 27.7 Å². The molecule has 1 aromatic carbocycles. The Kier molecular flexibility index (Phi) is 7.40. The summed E-state index contributed by atoms with van der Waals surface area (Å²) >= 11 is 0. The van der Waals surface area contributed by atoms with Gasteiger partial charge in [0.25, 0.3) is 0 Å². The molecule has 4 unspecified atom stereocenters. The van der Waals surface area contributed by atoms with Gasteiger partial charge < -0.3 is 29.8 Å². The van der Waals surface area contributed by atoms with Crippen molar-refractivity contribution in [1.29, 1.82) is 0 Å². The van der Waals surface area contributed by atoms with Crippen molar-refractivity contribution in [1.82, 2.24) is 9.72 Å². The van der Waals surface area contributed by atoms with Crippen molar-refractivity contribution in [2.75, 3.05) is 0 Å². The number of allylic oxidation sites excluding steroid dienone is 2. The van der Waals surface area contributed by atoms with Gasteiger partial charge in [0.15, 0.2) is 0 Å². The quantitative estimate of drug-likeness (QED) is 0.199. The standard InChI is InChI=1S/C48H64N2O5/c1-24(2)36-39(53)34-33-27(30-23-43(6,7)55-44(8,9)35(30)38(33)52)21-28-29-20-25-14-15-31-45(10,18-16-26-22-46(26,11)41(54)49-42(3,4)5)32(51)17-19-47(31,12)48(25,13)40(29)50(36)37(28)34/h16,18,21,23,25-26,31-32,35,38,51-53H,1,14-15,17,19-20,22H2,2-13H3,(H,49,54)/t25?,26?,31-,32-,35?,38+,45-,46?,47-,48+/m0/s1. The molecule has 0 radical (unpaired) electrons. The van der Waals surface area contributed by atoms with Crippen molar-refractivity contribution in [2.45, 2.75) is 156 Å². The Labute approximate surface area is 327 Å². The predicted molar refractivity (Wildman–Crippen MR) is 220 cm³/mol. The number of aliphatic hydroxyl groups excluding tert-OH is 2. The minimum Gasteiger partial charge on any atom is -0.505 e. The zero-order valence-electron chi connectivity index (χ0n) is 35.3. The molecule has 4 N–H and O–H groups in total. The molecule has 1 aliphatic heterocycles. The molecule has 0 saturated heterocycles. The van der Waals surface area contributed by atoms with Crippen LogP contribution in [0.5, 0.6) is 5.75 Å². The van der Waals surface area contributed by atoms with E-state index in [0.717, 1.165) is 71.0 Å². The van der Waals surface area contributed by atoms with Gasteiger partial charge in [0.05, 0.1) is 40.0 Å². The summed E-state index contributed by atoms with van der Waals surface area (Å²) < 4.78 is 8.93. The first kappa shape index (κ1) is 37.4. The Morgan fingerprint density at radius 1 is 1.05 bits per heavy atom. The van der Waals surface area contributed by atoms with Gasteiger partial charge in [0.2, 0.25) is 5.91 Å². The fourth-order valence-electron chi connectivity index (χ4n) is 13.7. The van der Waals surface area contributed by atoms with E-state index in [1.54, 1.807) is 0 Å². The van der Waals surface area contributed by atoms with E-state index in [-0.39, 0.29) is 45.8 Å². The summed E-state index contributed by atoms with van der Waals surface area (Å²) in [5, 5.41) is 41.7. The smallest absolute Gasteiger partial charge is 0.226 e. The number of carbonyl (C=O) groups is 1. The Hall–Kier alpha value is -3.13. The molecule has 7 heteroatoms. The number of rotatable bonds is 4. The van der Waals surface area contributed by atoms with Crippen molar-refractivity contribution >= 4 is 33.3 Å². The topological polar surface area (TPSA) is 103 Å². The number of aromatic hydroxyl groups is 1. The summed E-state index contributed by atoms with van der Waals surface area (Å²) in [6.45, 7) is 30.2. The van der Waals surface area contributed by atoms with Crippen LogP contribution in [0.3, 0.4) is 0 Å². The van der Waals surface area contributed by atoms with Crippen LogP contribution >= 0.6 is 0 Å². The first-order valence-corrected chi connectivity index (χ1v) is 21.0. The number of fused-ring (bicyclic) bond motifs is 11. The van der Waals surface area contributed by atoms with Gasteiger partial charge in [-0.2, -0.15) is 0 Å². The van der Waals surface area contributed by atoms with Gasteiger partial charge in [-0.05, 0) is 151 Å². The molecule has 296 valence electrons. The van der Waals surface area contributed by atoms with Gasteiger partial charge in [-0.15, -0.1) is 0 Å². The van der Waals surface area contributed by atoms with Crippen LogP contribution in [-0.4, -0.2) is 48.5 Å². The number of carbonyl (C=O) groups excluding carboxylic acids is 1. The molecule has 0 spiro atoms. The molecule has 9 rings (SSSR count). The van der Waals surface area contributed by atoms with Crippen LogP contribution in [0.2, 0.25) is 0 Å². The zero-order valence-corrected chi connectivity index (χ0v) is 35.3. The minimum atomic E-state index is -0.823. The molecule has 3 aromatic rings. The van der Waals surface area contributed by atoms with Crippen LogP contribution in [0.15, 0.2) is 30.9 Å². The molecule has 3 saturated carbocycles. The first-order valence-electron chi connectivity index (χ1n) is 21.0. The maximum atomic E-state index is 13.3. The Morgan fingerprint density at radius 3 is 2.40 bits per heavy atom. The zero-order chi connectivity index (χ0) is 40.0. The van der Waals surface area contributed by atoms with Crippen LogP contribution in [0, 0.1) is 39.9 Å². The summed E-state index contributed by atoms with van der Waals surface area (Å²) in [6, 6.07) is 2.34. The fraction of sp³-hybridized carbons (Fsp3) is 0.646. The first-order chi connectivity index (χ1) is 25.3. The SMILES string of the molecule is C=C(C)c1c(O)c2c3c(cc4c5c(n1c42)[C@@]1(C)C(CC[C@H]2[C@](C)(C=CC4CC4(C)C(=O)NC(C)(C)C)[C@@H](O)CC[C@@]21C)C5)C1=CC(C)(C)OC(C)(C)C1[C@@H]3O. The number of aromatic nitrogens is 1. The fourth-order valence-corrected chi connectivity index (χ4v) is 13.7. The van der Waals surface area contributed by atoms with Crippen LogP contribution in [0.4, 0.5) is 0 Å². The van der Waals surface area contributed by atoms with E-state index in [9.17, 15) is 20.1 Å². The summed E-state index contributed by atoms with van der Waals surface area (Å²) in [5.41, 5.74) is 5.47. The molecule has 7 nitrogen and oxygen atoms in total. The van der Waals surface area contributed by atoms with Gasteiger partial charge in [-0.25, -0.2) is 0 Å². The van der Waals surface area contributed by atoms with Crippen LogP contribution < -0.4 is 5.32 Å². The van der Waals surface area contributed by atoms with Gasteiger partial charge in [0.1, 0.15) is 5.75 Å². The van der Waals surface area contributed by atoms with Crippen LogP contribution in [0.25, 0.3) is 27.4 Å². The van der Waals surface area contributed by atoms with E-state index < -0.39 is 34.2 Å². The number of hydrogen-bond donors (Lipinski definition) is 4. The number of nitrogens with zero attached hydrogens (tertiary/aromatic N) is 1. The summed E-state index contributed by atoms with van der Waals surface area (Å²) in [5.74, 6) is 0.842. The Morgan fingerprint density at radius 2 is 1.75 bits per heavy atom. The number of aliphatic hydroxyl groups is 2. The molecular weight excluding hydrogens is 685 g/mol. The third-order valence-corrected chi connectivity index (χ3v) is 16.4. The lowest BCUT2D eigenvalue weighted by Gasteiger charge is -2.64. The highest BCUT2D eigenvalue weighted by molar-refractivity contribution is 6.11. The average molecular weight is 749 g/mol. The summed E-state index contributed by atoms with van der Waals surface area (Å²) in [6.07, 6.45) is 11.0. The molecule has 5 aliphatic carbocycles. The second kappa shape index (κ2) is 10.9. The average Bonchev–Trinajstić information content (AvgIpc) is 3.25. The molecule has 55 heavy (non-hydrogen) atoms. The molecule has 3 heterocycles. The Balaban J connectivity index is 1.20. The van der Waals surface area contributed by atoms with Crippen molar-refractivity contribution in [3.05, 3.63) is 59.0 Å². The molecule has 1 amide bonds.